The Labute approximate surface area is 123 Å². The molecule has 19 heavy (non-hydrogen) atoms. The van der Waals surface area contributed by atoms with Crippen molar-refractivity contribution in [3.63, 3.8) is 0 Å². The fourth-order valence-corrected chi connectivity index (χ4v) is 2.06. The van der Waals surface area contributed by atoms with Crippen LogP contribution in [0.25, 0.3) is 0 Å². The van der Waals surface area contributed by atoms with Gasteiger partial charge in [0.05, 0.1) is 11.1 Å². The average molecular weight is 340 g/mol. The van der Waals surface area contributed by atoms with Crippen molar-refractivity contribution in [2.45, 2.75) is 6.04 Å². The predicted octanol–water partition coefficient (Wildman–Crippen LogP) is 4.92. The van der Waals surface area contributed by atoms with E-state index in [1.54, 1.807) is 30.3 Å². The summed E-state index contributed by atoms with van der Waals surface area (Å²) in [5.74, 6) is -0.351. The summed E-state index contributed by atoms with van der Waals surface area (Å²) in [7, 11) is 0. The quantitative estimate of drug-likeness (QED) is 0.861. The van der Waals surface area contributed by atoms with Crippen LogP contribution in [0, 0.1) is 17.1 Å². The Morgan fingerprint density at radius 3 is 2.68 bits per heavy atom. The van der Waals surface area contributed by atoms with Crippen LogP contribution < -0.4 is 5.32 Å². The third kappa shape index (κ3) is 3.46. The molecule has 1 atom stereocenters. The second kappa shape index (κ2) is 6.05. The molecule has 0 saturated heterocycles. The van der Waals surface area contributed by atoms with Gasteiger partial charge in [0.1, 0.15) is 11.9 Å². The van der Waals surface area contributed by atoms with Gasteiger partial charge in [-0.15, -0.1) is 0 Å². The predicted molar refractivity (Wildman–Crippen MR) is 77.5 cm³/mol. The number of halogens is 3. The normalized spacial score (nSPS) is 11.7. The third-order valence-corrected chi connectivity index (χ3v) is 3.77. The summed E-state index contributed by atoms with van der Waals surface area (Å²) in [4.78, 5) is 0. The number of rotatable bonds is 3. The SMILES string of the molecule is N#CC(Nc1cccc(F)c1)c1ccc(Br)c(Cl)c1. The molecule has 5 heteroatoms. The molecule has 0 aliphatic rings. The first-order chi connectivity index (χ1) is 9.10. The summed E-state index contributed by atoms with van der Waals surface area (Å²) in [6.07, 6.45) is 0. The summed E-state index contributed by atoms with van der Waals surface area (Å²) in [6, 6.07) is 12.8. The number of nitrogens with zero attached hydrogens (tertiary/aromatic N) is 1. The van der Waals surface area contributed by atoms with Crippen LogP contribution in [0.5, 0.6) is 0 Å². The van der Waals surface area contributed by atoms with Crippen LogP contribution in [0.1, 0.15) is 11.6 Å². The van der Waals surface area contributed by atoms with Crippen LogP contribution in [0.4, 0.5) is 10.1 Å². The highest BCUT2D eigenvalue weighted by Crippen LogP contribution is 2.27. The van der Waals surface area contributed by atoms with E-state index in [2.05, 4.69) is 27.3 Å². The molecule has 0 aliphatic heterocycles. The van der Waals surface area contributed by atoms with Crippen LogP contribution in [0.3, 0.4) is 0 Å². The Balaban J connectivity index is 2.25. The highest BCUT2D eigenvalue weighted by atomic mass is 79.9. The molecular weight excluding hydrogens is 331 g/mol. The highest BCUT2D eigenvalue weighted by Gasteiger charge is 2.12. The highest BCUT2D eigenvalue weighted by molar-refractivity contribution is 9.10. The van der Waals surface area contributed by atoms with Crippen molar-refractivity contribution in [2.75, 3.05) is 5.32 Å². The number of anilines is 1. The van der Waals surface area contributed by atoms with E-state index >= 15 is 0 Å². The van der Waals surface area contributed by atoms with E-state index in [1.807, 2.05) is 0 Å². The monoisotopic (exact) mass is 338 g/mol. The molecule has 2 aromatic rings. The van der Waals surface area contributed by atoms with Crippen LogP contribution in [-0.2, 0) is 0 Å². The van der Waals surface area contributed by atoms with Gasteiger partial charge in [-0.25, -0.2) is 4.39 Å². The average Bonchev–Trinajstić information content (AvgIpc) is 2.39. The minimum absolute atomic E-state index is 0.351. The van der Waals surface area contributed by atoms with Gasteiger partial charge in [-0.05, 0) is 51.8 Å². The lowest BCUT2D eigenvalue weighted by Gasteiger charge is -2.14. The summed E-state index contributed by atoms with van der Waals surface area (Å²) >= 11 is 9.29. The summed E-state index contributed by atoms with van der Waals surface area (Å²) in [5.41, 5.74) is 1.27. The van der Waals surface area contributed by atoms with Crippen LogP contribution in [-0.4, -0.2) is 0 Å². The zero-order chi connectivity index (χ0) is 13.8. The van der Waals surface area contributed by atoms with Gasteiger partial charge in [0.25, 0.3) is 0 Å². The lowest BCUT2D eigenvalue weighted by Crippen LogP contribution is -2.08. The second-order valence-corrected chi connectivity index (χ2v) is 5.15. The van der Waals surface area contributed by atoms with Gasteiger partial charge >= 0.3 is 0 Å². The van der Waals surface area contributed by atoms with Crippen molar-refractivity contribution in [3.05, 3.63) is 63.3 Å². The first-order valence-electron chi connectivity index (χ1n) is 5.47. The molecule has 0 saturated carbocycles. The third-order valence-electron chi connectivity index (χ3n) is 2.54. The second-order valence-electron chi connectivity index (χ2n) is 3.89. The minimum Gasteiger partial charge on any atom is -0.366 e. The first kappa shape index (κ1) is 13.9. The molecular formula is C14H9BrClFN2. The molecule has 0 radical (unpaired) electrons. The molecule has 1 N–H and O–H groups in total. The fraction of sp³-hybridized carbons (Fsp3) is 0.0714. The van der Waals surface area contributed by atoms with E-state index in [-0.39, 0.29) is 5.82 Å². The largest absolute Gasteiger partial charge is 0.366 e. The molecule has 1 unspecified atom stereocenters. The number of nitrogens with one attached hydrogen (secondary N) is 1. The Morgan fingerprint density at radius 2 is 2.05 bits per heavy atom. The summed E-state index contributed by atoms with van der Waals surface area (Å²) in [6.45, 7) is 0. The smallest absolute Gasteiger partial charge is 0.140 e. The zero-order valence-electron chi connectivity index (χ0n) is 9.70. The van der Waals surface area contributed by atoms with E-state index < -0.39 is 6.04 Å². The van der Waals surface area contributed by atoms with Gasteiger partial charge in [-0.1, -0.05) is 23.7 Å². The molecule has 0 fully saturated rings. The first-order valence-corrected chi connectivity index (χ1v) is 6.64. The van der Waals surface area contributed by atoms with E-state index in [4.69, 9.17) is 11.6 Å². The Kier molecular flexibility index (Phi) is 4.41. The maximum Gasteiger partial charge on any atom is 0.140 e. The van der Waals surface area contributed by atoms with Gasteiger partial charge < -0.3 is 5.32 Å². The van der Waals surface area contributed by atoms with Crippen LogP contribution >= 0.6 is 27.5 Å². The molecule has 2 rings (SSSR count). The minimum atomic E-state index is -0.590. The van der Waals surface area contributed by atoms with Crippen molar-refractivity contribution < 1.29 is 4.39 Å². The molecule has 0 aliphatic carbocycles. The van der Waals surface area contributed by atoms with Crippen molar-refractivity contribution in [2.24, 2.45) is 0 Å². The molecule has 2 nitrogen and oxygen atoms in total. The molecule has 0 heterocycles. The van der Waals surface area contributed by atoms with Gasteiger partial charge in [0.2, 0.25) is 0 Å². The summed E-state index contributed by atoms with van der Waals surface area (Å²) < 4.78 is 13.9. The lowest BCUT2D eigenvalue weighted by atomic mass is 10.1. The van der Waals surface area contributed by atoms with Gasteiger partial charge in [0, 0.05) is 10.2 Å². The number of hydrogen-bond donors (Lipinski definition) is 1. The molecule has 0 aromatic heterocycles. The molecule has 0 spiro atoms. The summed E-state index contributed by atoms with van der Waals surface area (Å²) in [5, 5.41) is 12.7. The van der Waals surface area contributed by atoms with Gasteiger partial charge in [-0.3, -0.25) is 0 Å². The molecule has 0 amide bonds. The number of nitriles is 1. The maximum absolute atomic E-state index is 13.1. The van der Waals surface area contributed by atoms with Crippen molar-refractivity contribution in [3.8, 4) is 6.07 Å². The molecule has 96 valence electrons. The topological polar surface area (TPSA) is 35.8 Å². The Morgan fingerprint density at radius 1 is 1.26 bits per heavy atom. The number of hydrogen-bond acceptors (Lipinski definition) is 2. The van der Waals surface area contributed by atoms with E-state index in [1.165, 1.54) is 12.1 Å². The van der Waals surface area contributed by atoms with Gasteiger partial charge in [-0.2, -0.15) is 5.26 Å². The fourth-order valence-electron chi connectivity index (χ4n) is 1.63. The molecule has 2 aromatic carbocycles. The van der Waals surface area contributed by atoms with Gasteiger partial charge in [0.15, 0.2) is 0 Å². The lowest BCUT2D eigenvalue weighted by molar-refractivity contribution is 0.628. The van der Waals surface area contributed by atoms with E-state index in [9.17, 15) is 9.65 Å². The van der Waals surface area contributed by atoms with Crippen LogP contribution in [0.15, 0.2) is 46.9 Å². The Hall–Kier alpha value is -1.57. The van der Waals surface area contributed by atoms with Crippen molar-refractivity contribution in [1.82, 2.24) is 0 Å². The molecule has 0 bridgehead atoms. The van der Waals surface area contributed by atoms with Crippen molar-refractivity contribution in [1.29, 1.82) is 5.26 Å². The van der Waals surface area contributed by atoms with E-state index in [0.29, 0.717) is 10.7 Å². The van der Waals surface area contributed by atoms with Crippen molar-refractivity contribution >= 4 is 33.2 Å². The standard InChI is InChI=1S/C14H9BrClFN2/c15-12-5-4-9(6-13(12)16)14(8-18)19-11-3-1-2-10(17)7-11/h1-7,14,19H. The Bertz CT molecular complexity index is 640. The number of benzene rings is 2. The van der Waals surface area contributed by atoms with E-state index in [0.717, 1.165) is 10.0 Å². The maximum atomic E-state index is 13.1. The van der Waals surface area contributed by atoms with Crippen LogP contribution in [0.2, 0.25) is 5.02 Å². The zero-order valence-corrected chi connectivity index (χ0v) is 12.0.